The monoisotopic (exact) mass is 672 g/mol. The molecule has 2 amide bonds. The minimum absolute atomic E-state index is 0.0547. The van der Waals surface area contributed by atoms with E-state index in [1.54, 1.807) is 12.1 Å². The van der Waals surface area contributed by atoms with Crippen LogP contribution in [0.4, 0.5) is 0 Å². The van der Waals surface area contributed by atoms with Crippen LogP contribution in [0.5, 0.6) is 0 Å². The van der Waals surface area contributed by atoms with Crippen LogP contribution in [0.2, 0.25) is 0 Å². The number of nitrogens with two attached hydrogens (primary N) is 1. The standard InChI is InChI=1S/C20H30N2O5.C14H18N2O5/c1-20(2,3)10-11-21-15(13-17(23)24)18(25)22-16(19(26)27-4)12-14-8-6-5-7-9-14;1-21-14(20)11(7-9-5-3-2-4-6-9)16-13(19)10(15)8-12(17)18/h5-9,15-16,21H,10-13H2,1-4H3,(H,22,25)(H,23,24);2-6,10-11H,7-8,15H2,1H3,(H,16,19)(H,17,18)/t15-,16-;10-,11-/m00/s1. The van der Waals surface area contributed by atoms with E-state index in [1.165, 1.54) is 14.2 Å². The minimum atomic E-state index is -1.22. The predicted octanol–water partition coefficient (Wildman–Crippen LogP) is 1.44. The highest BCUT2D eigenvalue weighted by molar-refractivity contribution is 5.90. The maximum absolute atomic E-state index is 12.6. The first kappa shape index (κ1) is 41.2. The van der Waals surface area contributed by atoms with E-state index in [4.69, 9.17) is 20.7 Å². The van der Waals surface area contributed by atoms with Crippen molar-refractivity contribution in [2.45, 2.75) is 77.0 Å². The summed E-state index contributed by atoms with van der Waals surface area (Å²) in [5, 5.41) is 25.7. The zero-order valence-electron chi connectivity index (χ0n) is 28.1. The number of carboxylic acid groups (broad SMARTS) is 2. The number of carbonyl (C=O) groups excluding carboxylic acids is 4. The van der Waals surface area contributed by atoms with Crippen LogP contribution in [-0.4, -0.2) is 90.8 Å². The lowest BCUT2D eigenvalue weighted by atomic mass is 9.92. The summed E-state index contributed by atoms with van der Waals surface area (Å²) in [5.74, 6) is -4.70. The zero-order valence-corrected chi connectivity index (χ0v) is 28.1. The summed E-state index contributed by atoms with van der Waals surface area (Å²) in [6.07, 6.45) is 0.404. The highest BCUT2D eigenvalue weighted by atomic mass is 16.5. The van der Waals surface area contributed by atoms with Crippen LogP contribution in [-0.2, 0) is 51.1 Å². The molecule has 0 aliphatic carbocycles. The van der Waals surface area contributed by atoms with Crippen LogP contribution in [0, 0.1) is 5.41 Å². The van der Waals surface area contributed by atoms with Gasteiger partial charge in [0.15, 0.2) is 0 Å². The molecule has 2 rings (SSSR count). The Hall–Kier alpha value is -4.82. The molecule has 2 aromatic carbocycles. The number of benzene rings is 2. The van der Waals surface area contributed by atoms with Gasteiger partial charge in [0.05, 0.1) is 39.1 Å². The van der Waals surface area contributed by atoms with Gasteiger partial charge < -0.3 is 41.4 Å². The molecule has 0 spiro atoms. The number of hydrogen-bond acceptors (Lipinski definition) is 10. The summed E-state index contributed by atoms with van der Waals surface area (Å²) in [6.45, 7) is 6.69. The van der Waals surface area contributed by atoms with E-state index in [-0.39, 0.29) is 24.7 Å². The molecule has 0 aliphatic rings. The van der Waals surface area contributed by atoms with Gasteiger partial charge in [-0.25, -0.2) is 9.59 Å². The minimum Gasteiger partial charge on any atom is -0.481 e. The topological polar surface area (TPSA) is 223 Å². The van der Waals surface area contributed by atoms with Gasteiger partial charge in [-0.3, -0.25) is 19.2 Å². The Morgan fingerprint density at radius 1 is 0.688 bits per heavy atom. The Kier molecular flexibility index (Phi) is 18.1. The molecule has 0 fully saturated rings. The van der Waals surface area contributed by atoms with Crippen molar-refractivity contribution in [3.05, 3.63) is 71.8 Å². The second-order valence-electron chi connectivity index (χ2n) is 12.2. The number of nitrogens with one attached hydrogen (secondary N) is 3. The Bertz CT molecular complexity index is 1330. The molecule has 0 saturated heterocycles. The summed E-state index contributed by atoms with van der Waals surface area (Å²) < 4.78 is 9.42. The van der Waals surface area contributed by atoms with Crippen molar-refractivity contribution in [2.75, 3.05) is 20.8 Å². The maximum Gasteiger partial charge on any atom is 0.328 e. The van der Waals surface area contributed by atoms with Crippen molar-refractivity contribution in [2.24, 2.45) is 11.1 Å². The fraction of sp³-hybridized carbons (Fsp3) is 0.471. The maximum atomic E-state index is 12.6. The first-order chi connectivity index (χ1) is 22.6. The van der Waals surface area contributed by atoms with Gasteiger partial charge in [0.2, 0.25) is 11.8 Å². The molecular weight excluding hydrogens is 624 g/mol. The van der Waals surface area contributed by atoms with Crippen LogP contribution < -0.4 is 21.7 Å². The van der Waals surface area contributed by atoms with E-state index in [0.717, 1.165) is 17.5 Å². The van der Waals surface area contributed by atoms with Crippen molar-refractivity contribution < 1.29 is 48.5 Å². The lowest BCUT2D eigenvalue weighted by Crippen LogP contribution is -2.52. The van der Waals surface area contributed by atoms with Gasteiger partial charge in [-0.1, -0.05) is 81.4 Å². The van der Waals surface area contributed by atoms with E-state index in [1.807, 2.05) is 48.5 Å². The molecule has 14 nitrogen and oxygen atoms in total. The van der Waals surface area contributed by atoms with Gasteiger partial charge in [-0.2, -0.15) is 0 Å². The molecule has 0 heterocycles. The number of esters is 2. The van der Waals surface area contributed by atoms with Gasteiger partial charge in [0.25, 0.3) is 0 Å². The average molecular weight is 673 g/mol. The first-order valence-electron chi connectivity index (χ1n) is 15.3. The van der Waals surface area contributed by atoms with Crippen LogP contribution in [0.1, 0.15) is 51.2 Å². The molecule has 4 atom stereocenters. The van der Waals surface area contributed by atoms with Gasteiger partial charge in [-0.15, -0.1) is 0 Å². The van der Waals surface area contributed by atoms with Crippen LogP contribution in [0.3, 0.4) is 0 Å². The number of aliphatic carboxylic acids is 2. The number of methoxy groups -OCH3 is 2. The highest BCUT2D eigenvalue weighted by Gasteiger charge is 2.28. The average Bonchev–Trinajstić information content (AvgIpc) is 3.03. The highest BCUT2D eigenvalue weighted by Crippen LogP contribution is 2.17. The van der Waals surface area contributed by atoms with Crippen LogP contribution in [0.15, 0.2) is 60.7 Å². The molecule has 2 aromatic rings. The van der Waals surface area contributed by atoms with Gasteiger partial charge >= 0.3 is 23.9 Å². The van der Waals surface area contributed by atoms with E-state index >= 15 is 0 Å². The van der Waals surface area contributed by atoms with Gasteiger partial charge in [0, 0.05) is 12.8 Å². The SMILES string of the molecule is COC(=O)[C@H](Cc1ccccc1)NC(=O)[C@@H](N)CC(=O)O.COC(=O)[C@H](Cc1ccccc1)NC(=O)[C@H](CC(=O)O)NCCC(C)(C)C. The van der Waals surface area contributed by atoms with E-state index in [0.29, 0.717) is 6.54 Å². The molecule has 48 heavy (non-hydrogen) atoms. The Balaban J connectivity index is 0.000000495. The summed E-state index contributed by atoms with van der Waals surface area (Å²) >= 11 is 0. The van der Waals surface area contributed by atoms with Crippen molar-refractivity contribution in [3.63, 3.8) is 0 Å². The number of carbonyl (C=O) groups is 6. The second-order valence-corrected chi connectivity index (χ2v) is 12.2. The summed E-state index contributed by atoms with van der Waals surface area (Å²) in [5.41, 5.74) is 7.21. The largest absolute Gasteiger partial charge is 0.481 e. The summed E-state index contributed by atoms with van der Waals surface area (Å²) in [7, 11) is 2.46. The summed E-state index contributed by atoms with van der Waals surface area (Å²) in [4.78, 5) is 69.8. The van der Waals surface area contributed by atoms with Crippen molar-refractivity contribution in [1.82, 2.24) is 16.0 Å². The Labute approximate surface area is 280 Å². The smallest absolute Gasteiger partial charge is 0.328 e. The first-order valence-corrected chi connectivity index (χ1v) is 15.3. The molecule has 0 saturated carbocycles. The lowest BCUT2D eigenvalue weighted by Gasteiger charge is -2.23. The Morgan fingerprint density at radius 3 is 1.48 bits per heavy atom. The van der Waals surface area contributed by atoms with Crippen molar-refractivity contribution in [3.8, 4) is 0 Å². The molecule has 0 unspecified atom stereocenters. The quantitative estimate of drug-likeness (QED) is 0.131. The van der Waals surface area contributed by atoms with Crippen LogP contribution >= 0.6 is 0 Å². The Morgan fingerprint density at radius 2 is 1.10 bits per heavy atom. The van der Waals surface area contributed by atoms with E-state index < -0.39 is 66.3 Å². The van der Waals surface area contributed by atoms with Crippen molar-refractivity contribution >= 4 is 35.7 Å². The molecule has 264 valence electrons. The molecule has 14 heteroatoms. The molecule has 0 bridgehead atoms. The third-order valence-electron chi connectivity index (χ3n) is 6.86. The fourth-order valence-electron chi connectivity index (χ4n) is 4.26. The fourth-order valence-corrected chi connectivity index (χ4v) is 4.26. The lowest BCUT2D eigenvalue weighted by molar-refractivity contribution is -0.146. The zero-order chi connectivity index (χ0) is 36.3. The normalized spacial score (nSPS) is 13.3. The van der Waals surface area contributed by atoms with Gasteiger partial charge in [-0.05, 0) is 29.5 Å². The second kappa shape index (κ2) is 21.1. The predicted molar refractivity (Wildman–Crippen MR) is 177 cm³/mol. The van der Waals surface area contributed by atoms with Crippen LogP contribution in [0.25, 0.3) is 0 Å². The number of amides is 2. The number of carboxylic acids is 2. The van der Waals surface area contributed by atoms with E-state index in [9.17, 15) is 28.8 Å². The van der Waals surface area contributed by atoms with Gasteiger partial charge in [0.1, 0.15) is 12.1 Å². The number of ether oxygens (including phenoxy) is 2. The van der Waals surface area contributed by atoms with E-state index in [2.05, 4.69) is 41.5 Å². The molecule has 0 aromatic heterocycles. The molecule has 7 N–H and O–H groups in total. The number of rotatable bonds is 17. The van der Waals surface area contributed by atoms with Crippen molar-refractivity contribution in [1.29, 1.82) is 0 Å². The third kappa shape index (κ3) is 17.2. The third-order valence-corrected chi connectivity index (χ3v) is 6.86. The molecule has 0 aliphatic heterocycles. The molecule has 0 radical (unpaired) electrons. The molecular formula is C34H48N4O10. The summed E-state index contributed by atoms with van der Waals surface area (Å²) in [6, 6.07) is 14.3. The number of hydrogen-bond donors (Lipinski definition) is 6.